The molecule has 120 valence electrons. The molecule has 0 heterocycles. The smallest absolute Gasteiger partial charge is 0.0206 e. The standard InChI is InChI=1S/C17H32N4/c1-3-14(2)17(19)13-21-12-16-7-5-15(6-8-16)11-20-10-4-9-18/h5-8,14,17,20-21H,3-4,9-13,18-19H2,1-2H3. The Kier molecular flexibility index (Phi) is 9.26. The number of hydrogen-bond acceptors (Lipinski definition) is 4. The topological polar surface area (TPSA) is 76.1 Å². The van der Waals surface area contributed by atoms with Gasteiger partial charge in [0.2, 0.25) is 0 Å². The molecule has 2 atom stereocenters. The zero-order valence-electron chi connectivity index (χ0n) is 13.6. The van der Waals surface area contributed by atoms with Gasteiger partial charge in [0, 0.05) is 25.7 Å². The molecule has 0 radical (unpaired) electrons. The summed E-state index contributed by atoms with van der Waals surface area (Å²) >= 11 is 0. The molecule has 4 nitrogen and oxygen atoms in total. The molecule has 0 aliphatic heterocycles. The molecule has 0 amide bonds. The fraction of sp³-hybridized carbons (Fsp3) is 0.647. The minimum Gasteiger partial charge on any atom is -0.330 e. The van der Waals surface area contributed by atoms with Crippen LogP contribution in [0.15, 0.2) is 24.3 Å². The summed E-state index contributed by atoms with van der Waals surface area (Å²) in [4.78, 5) is 0. The van der Waals surface area contributed by atoms with Gasteiger partial charge in [0.05, 0.1) is 0 Å². The molecule has 1 aromatic carbocycles. The number of rotatable bonds is 11. The summed E-state index contributed by atoms with van der Waals surface area (Å²) in [6.45, 7) is 8.78. The van der Waals surface area contributed by atoms with Crippen LogP contribution in [0.3, 0.4) is 0 Å². The third-order valence-corrected chi connectivity index (χ3v) is 3.99. The summed E-state index contributed by atoms with van der Waals surface area (Å²) in [5.41, 5.74) is 14.2. The highest BCUT2D eigenvalue weighted by molar-refractivity contribution is 5.22. The van der Waals surface area contributed by atoms with Crippen LogP contribution in [0.25, 0.3) is 0 Å². The van der Waals surface area contributed by atoms with E-state index in [1.54, 1.807) is 0 Å². The van der Waals surface area contributed by atoms with Crippen molar-refractivity contribution < 1.29 is 0 Å². The lowest BCUT2D eigenvalue weighted by molar-refractivity contribution is 0.418. The molecule has 0 aromatic heterocycles. The predicted octanol–water partition coefficient (Wildman–Crippen LogP) is 1.59. The fourth-order valence-electron chi connectivity index (χ4n) is 2.12. The lowest BCUT2D eigenvalue weighted by Crippen LogP contribution is -2.38. The average molecular weight is 292 g/mol. The number of hydrogen-bond donors (Lipinski definition) is 4. The monoisotopic (exact) mass is 292 g/mol. The van der Waals surface area contributed by atoms with Crippen LogP contribution in [-0.4, -0.2) is 25.7 Å². The van der Waals surface area contributed by atoms with E-state index in [0.29, 0.717) is 5.92 Å². The van der Waals surface area contributed by atoms with Crippen LogP contribution in [0.2, 0.25) is 0 Å². The summed E-state index contributed by atoms with van der Waals surface area (Å²) in [6, 6.07) is 8.96. The molecule has 2 unspecified atom stereocenters. The summed E-state index contributed by atoms with van der Waals surface area (Å²) in [6.07, 6.45) is 2.16. The van der Waals surface area contributed by atoms with Gasteiger partial charge < -0.3 is 22.1 Å². The quantitative estimate of drug-likeness (QED) is 0.467. The first-order valence-corrected chi connectivity index (χ1v) is 8.12. The van der Waals surface area contributed by atoms with Crippen molar-refractivity contribution in [1.82, 2.24) is 10.6 Å². The molecule has 21 heavy (non-hydrogen) atoms. The van der Waals surface area contributed by atoms with Crippen molar-refractivity contribution in [3.8, 4) is 0 Å². The second-order valence-corrected chi connectivity index (χ2v) is 5.82. The zero-order chi connectivity index (χ0) is 15.5. The molecule has 1 rings (SSSR count). The molecule has 0 fully saturated rings. The normalized spacial score (nSPS) is 14.1. The maximum atomic E-state index is 6.12. The van der Waals surface area contributed by atoms with E-state index in [2.05, 4.69) is 48.7 Å². The van der Waals surface area contributed by atoms with Gasteiger partial charge in [0.15, 0.2) is 0 Å². The molecule has 0 saturated carbocycles. The van der Waals surface area contributed by atoms with Gasteiger partial charge in [-0.3, -0.25) is 0 Å². The molecular weight excluding hydrogens is 260 g/mol. The Morgan fingerprint density at radius 3 is 2.14 bits per heavy atom. The molecule has 0 aliphatic carbocycles. The Balaban J connectivity index is 2.24. The van der Waals surface area contributed by atoms with E-state index in [0.717, 1.165) is 45.6 Å². The van der Waals surface area contributed by atoms with Gasteiger partial charge in [-0.2, -0.15) is 0 Å². The summed E-state index contributed by atoms with van der Waals surface area (Å²) < 4.78 is 0. The SMILES string of the molecule is CCC(C)C(N)CNCc1ccc(CNCCCN)cc1. The van der Waals surface area contributed by atoms with Crippen molar-refractivity contribution in [2.24, 2.45) is 17.4 Å². The van der Waals surface area contributed by atoms with Gasteiger partial charge in [0.1, 0.15) is 0 Å². The van der Waals surface area contributed by atoms with E-state index >= 15 is 0 Å². The van der Waals surface area contributed by atoms with Crippen LogP contribution >= 0.6 is 0 Å². The van der Waals surface area contributed by atoms with Crippen molar-refractivity contribution >= 4 is 0 Å². The summed E-state index contributed by atoms with van der Waals surface area (Å²) in [7, 11) is 0. The van der Waals surface area contributed by atoms with Crippen molar-refractivity contribution in [1.29, 1.82) is 0 Å². The molecule has 0 spiro atoms. The Hall–Kier alpha value is -0.940. The lowest BCUT2D eigenvalue weighted by atomic mass is 10.00. The number of benzene rings is 1. The first-order valence-electron chi connectivity index (χ1n) is 8.12. The van der Waals surface area contributed by atoms with E-state index in [9.17, 15) is 0 Å². The Morgan fingerprint density at radius 2 is 1.62 bits per heavy atom. The van der Waals surface area contributed by atoms with Gasteiger partial charge in [0.25, 0.3) is 0 Å². The van der Waals surface area contributed by atoms with Crippen LogP contribution in [0.1, 0.15) is 37.8 Å². The van der Waals surface area contributed by atoms with Crippen molar-refractivity contribution in [3.63, 3.8) is 0 Å². The van der Waals surface area contributed by atoms with E-state index in [1.165, 1.54) is 11.1 Å². The highest BCUT2D eigenvalue weighted by Crippen LogP contribution is 2.06. The molecule has 0 bridgehead atoms. The average Bonchev–Trinajstić information content (AvgIpc) is 2.52. The maximum Gasteiger partial charge on any atom is 0.0206 e. The molecular formula is C17H32N4. The van der Waals surface area contributed by atoms with Gasteiger partial charge in [-0.25, -0.2) is 0 Å². The van der Waals surface area contributed by atoms with Crippen LogP contribution < -0.4 is 22.1 Å². The summed E-state index contributed by atoms with van der Waals surface area (Å²) in [5, 5.41) is 6.83. The lowest BCUT2D eigenvalue weighted by Gasteiger charge is -2.18. The number of nitrogens with one attached hydrogen (secondary N) is 2. The van der Waals surface area contributed by atoms with E-state index in [-0.39, 0.29) is 6.04 Å². The first-order chi connectivity index (χ1) is 10.2. The van der Waals surface area contributed by atoms with Gasteiger partial charge in [-0.15, -0.1) is 0 Å². The van der Waals surface area contributed by atoms with Crippen LogP contribution in [0.5, 0.6) is 0 Å². The summed E-state index contributed by atoms with van der Waals surface area (Å²) in [5.74, 6) is 0.569. The molecule has 4 heteroatoms. The molecule has 1 aromatic rings. The van der Waals surface area contributed by atoms with E-state index in [1.807, 2.05) is 0 Å². The van der Waals surface area contributed by atoms with Crippen molar-refractivity contribution in [2.75, 3.05) is 19.6 Å². The zero-order valence-corrected chi connectivity index (χ0v) is 13.6. The van der Waals surface area contributed by atoms with Gasteiger partial charge >= 0.3 is 0 Å². The molecule has 6 N–H and O–H groups in total. The third-order valence-electron chi connectivity index (χ3n) is 3.99. The van der Waals surface area contributed by atoms with Crippen LogP contribution in [-0.2, 0) is 13.1 Å². The Labute approximate surface area is 129 Å². The fourth-order valence-corrected chi connectivity index (χ4v) is 2.12. The maximum absolute atomic E-state index is 6.12. The Bertz CT molecular complexity index is 364. The van der Waals surface area contributed by atoms with Crippen LogP contribution in [0, 0.1) is 5.92 Å². The Morgan fingerprint density at radius 1 is 1.05 bits per heavy atom. The number of nitrogens with two attached hydrogens (primary N) is 2. The molecule has 0 aliphatic rings. The third kappa shape index (κ3) is 7.58. The largest absolute Gasteiger partial charge is 0.330 e. The minimum absolute atomic E-state index is 0.237. The van der Waals surface area contributed by atoms with Gasteiger partial charge in [-0.05, 0) is 36.6 Å². The van der Waals surface area contributed by atoms with Crippen molar-refractivity contribution in [3.05, 3.63) is 35.4 Å². The minimum atomic E-state index is 0.237. The highest BCUT2D eigenvalue weighted by atomic mass is 14.9. The van der Waals surface area contributed by atoms with Crippen molar-refractivity contribution in [2.45, 2.75) is 45.8 Å². The van der Waals surface area contributed by atoms with Gasteiger partial charge in [-0.1, -0.05) is 44.5 Å². The first kappa shape index (κ1) is 18.1. The predicted molar refractivity (Wildman–Crippen MR) is 91.0 cm³/mol. The highest BCUT2D eigenvalue weighted by Gasteiger charge is 2.09. The molecule has 0 saturated heterocycles. The van der Waals surface area contributed by atoms with E-state index < -0.39 is 0 Å². The van der Waals surface area contributed by atoms with E-state index in [4.69, 9.17) is 11.5 Å². The second-order valence-electron chi connectivity index (χ2n) is 5.82. The second kappa shape index (κ2) is 10.7. The van der Waals surface area contributed by atoms with Crippen LogP contribution in [0.4, 0.5) is 0 Å².